The van der Waals surface area contributed by atoms with Crippen molar-refractivity contribution < 1.29 is 4.79 Å². The molecule has 1 aliphatic carbocycles. The summed E-state index contributed by atoms with van der Waals surface area (Å²) in [6.45, 7) is 4.41. The molecule has 1 nitrogen and oxygen atoms in total. The van der Waals surface area contributed by atoms with Gasteiger partial charge in [0.25, 0.3) is 0 Å². The third-order valence-electron chi connectivity index (χ3n) is 3.98. The highest BCUT2D eigenvalue weighted by molar-refractivity contribution is 5.99. The van der Waals surface area contributed by atoms with E-state index in [1.165, 1.54) is 12.8 Å². The Kier molecular flexibility index (Phi) is 4.35. The van der Waals surface area contributed by atoms with Gasteiger partial charge in [-0.05, 0) is 23.8 Å². The minimum Gasteiger partial charge on any atom is -0.294 e. The number of benzene rings is 1. The molecule has 0 radical (unpaired) electrons. The Balaban J connectivity index is 2.36. The zero-order valence-electron chi connectivity index (χ0n) is 11.4. The van der Waals surface area contributed by atoms with Crippen LogP contribution in [-0.2, 0) is 0 Å². The van der Waals surface area contributed by atoms with Crippen LogP contribution in [-0.4, -0.2) is 5.78 Å². The molecule has 1 aromatic rings. The van der Waals surface area contributed by atoms with Crippen LogP contribution in [0, 0.1) is 11.8 Å². The van der Waals surface area contributed by atoms with Gasteiger partial charge in [0.2, 0.25) is 0 Å². The summed E-state index contributed by atoms with van der Waals surface area (Å²) in [5.74, 6) is 1.36. The molecule has 1 aliphatic rings. The predicted molar refractivity (Wildman–Crippen MR) is 76.6 cm³/mol. The maximum absolute atomic E-state index is 12.3. The van der Waals surface area contributed by atoms with Gasteiger partial charge in [-0.15, -0.1) is 0 Å². The molecule has 0 saturated carbocycles. The molecule has 0 fully saturated rings. The molecule has 2 rings (SSSR count). The van der Waals surface area contributed by atoms with E-state index in [4.69, 9.17) is 0 Å². The number of ketones is 1. The van der Waals surface area contributed by atoms with Gasteiger partial charge in [-0.3, -0.25) is 4.79 Å². The van der Waals surface area contributed by atoms with Crippen LogP contribution >= 0.6 is 0 Å². The Morgan fingerprint density at radius 1 is 1.22 bits per heavy atom. The molecule has 1 heteroatoms. The molecule has 0 spiro atoms. The van der Waals surface area contributed by atoms with Crippen molar-refractivity contribution in [3.63, 3.8) is 0 Å². The normalized spacial score (nSPS) is 25.1. The van der Waals surface area contributed by atoms with Crippen molar-refractivity contribution in [2.75, 3.05) is 0 Å². The second kappa shape index (κ2) is 5.99. The van der Waals surface area contributed by atoms with E-state index in [0.717, 1.165) is 17.5 Å². The van der Waals surface area contributed by atoms with E-state index in [1.54, 1.807) is 0 Å². The molecule has 0 bridgehead atoms. The molecule has 18 heavy (non-hydrogen) atoms. The highest BCUT2D eigenvalue weighted by atomic mass is 16.1. The Bertz CT molecular complexity index is 445. The van der Waals surface area contributed by atoms with Gasteiger partial charge in [0.1, 0.15) is 0 Å². The topological polar surface area (TPSA) is 17.1 Å². The quantitative estimate of drug-likeness (QED) is 0.749. The summed E-state index contributed by atoms with van der Waals surface area (Å²) in [6, 6.07) is 7.95. The van der Waals surface area contributed by atoms with Crippen molar-refractivity contribution in [2.45, 2.75) is 39.5 Å². The van der Waals surface area contributed by atoms with Crippen molar-refractivity contribution in [3.8, 4) is 0 Å². The monoisotopic (exact) mass is 242 g/mol. The van der Waals surface area contributed by atoms with Crippen molar-refractivity contribution in [2.24, 2.45) is 11.8 Å². The summed E-state index contributed by atoms with van der Waals surface area (Å²) in [7, 11) is 0. The fourth-order valence-corrected chi connectivity index (χ4v) is 2.89. The number of hydrogen-bond donors (Lipinski definition) is 0. The SMILES string of the molecule is CCCC1/C=C\c2ccccc2C(=O)C[C@@H]1CC. The van der Waals surface area contributed by atoms with Crippen LogP contribution in [0.2, 0.25) is 0 Å². The van der Waals surface area contributed by atoms with E-state index in [0.29, 0.717) is 24.0 Å². The zero-order chi connectivity index (χ0) is 13.0. The lowest BCUT2D eigenvalue weighted by Gasteiger charge is -2.25. The summed E-state index contributed by atoms with van der Waals surface area (Å²) in [5.41, 5.74) is 1.97. The van der Waals surface area contributed by atoms with Gasteiger partial charge < -0.3 is 0 Å². The maximum Gasteiger partial charge on any atom is 0.163 e. The minimum absolute atomic E-state index is 0.308. The molecule has 1 aromatic carbocycles. The number of carbonyl (C=O) groups excluding carboxylic acids is 1. The highest BCUT2D eigenvalue weighted by Gasteiger charge is 2.23. The van der Waals surface area contributed by atoms with E-state index < -0.39 is 0 Å². The summed E-state index contributed by atoms with van der Waals surface area (Å²) in [6.07, 6.45) is 8.62. The minimum atomic E-state index is 0.308. The maximum atomic E-state index is 12.3. The fourth-order valence-electron chi connectivity index (χ4n) is 2.89. The number of rotatable bonds is 3. The van der Waals surface area contributed by atoms with E-state index in [1.807, 2.05) is 24.3 Å². The molecule has 0 N–H and O–H groups in total. The molecule has 1 unspecified atom stereocenters. The summed E-state index contributed by atoms with van der Waals surface area (Å²) in [5, 5.41) is 0. The average molecular weight is 242 g/mol. The third kappa shape index (κ3) is 2.72. The number of allylic oxidation sites excluding steroid dienone is 1. The van der Waals surface area contributed by atoms with Crippen molar-refractivity contribution in [1.82, 2.24) is 0 Å². The van der Waals surface area contributed by atoms with Crippen LogP contribution in [0.1, 0.15) is 55.5 Å². The third-order valence-corrected chi connectivity index (χ3v) is 3.98. The average Bonchev–Trinajstić information content (AvgIpc) is 2.39. The van der Waals surface area contributed by atoms with Gasteiger partial charge in [0, 0.05) is 12.0 Å². The number of fused-ring (bicyclic) bond motifs is 1. The van der Waals surface area contributed by atoms with E-state index in [-0.39, 0.29) is 0 Å². The predicted octanol–water partition coefficient (Wildman–Crippen LogP) is 4.73. The Labute approximate surface area is 110 Å². The molecule has 0 aliphatic heterocycles. The smallest absolute Gasteiger partial charge is 0.163 e. The first-order valence-electron chi connectivity index (χ1n) is 7.06. The highest BCUT2D eigenvalue weighted by Crippen LogP contribution is 2.30. The van der Waals surface area contributed by atoms with Crippen LogP contribution in [0.25, 0.3) is 6.08 Å². The lowest BCUT2D eigenvalue weighted by Crippen LogP contribution is -2.19. The molecule has 0 saturated heterocycles. The molecule has 2 atom stereocenters. The molecule has 0 heterocycles. The molecule has 96 valence electrons. The zero-order valence-corrected chi connectivity index (χ0v) is 11.4. The first-order chi connectivity index (χ1) is 8.76. The lowest BCUT2D eigenvalue weighted by molar-refractivity contribution is 0.0945. The van der Waals surface area contributed by atoms with Crippen LogP contribution in [0.3, 0.4) is 0 Å². The van der Waals surface area contributed by atoms with Crippen LogP contribution in [0.4, 0.5) is 0 Å². The first-order valence-corrected chi connectivity index (χ1v) is 7.06. The van der Waals surface area contributed by atoms with E-state index in [9.17, 15) is 4.79 Å². The molecule has 0 aromatic heterocycles. The summed E-state index contributed by atoms with van der Waals surface area (Å²) in [4.78, 5) is 12.3. The Hall–Kier alpha value is -1.37. The van der Waals surface area contributed by atoms with Gasteiger partial charge in [-0.1, -0.05) is 63.1 Å². The standard InChI is InChI=1S/C17H22O/c1-3-7-14-10-11-15-8-5-6-9-16(15)17(18)12-13(14)4-2/h5-6,8-11,13-14H,3-4,7,12H2,1-2H3/b11-10-/t13-,14?/m0/s1. The van der Waals surface area contributed by atoms with Gasteiger partial charge in [-0.2, -0.15) is 0 Å². The van der Waals surface area contributed by atoms with Gasteiger partial charge in [0.15, 0.2) is 5.78 Å². The molecule has 0 amide bonds. The number of Topliss-reactive ketones (excluding diaryl/α,β-unsaturated/α-hetero) is 1. The van der Waals surface area contributed by atoms with Crippen molar-refractivity contribution in [1.29, 1.82) is 0 Å². The second-order valence-electron chi connectivity index (χ2n) is 5.19. The van der Waals surface area contributed by atoms with E-state index >= 15 is 0 Å². The fraction of sp³-hybridized carbons (Fsp3) is 0.471. The molecular formula is C17H22O. The second-order valence-corrected chi connectivity index (χ2v) is 5.19. The van der Waals surface area contributed by atoms with Crippen molar-refractivity contribution in [3.05, 3.63) is 41.5 Å². The number of hydrogen-bond acceptors (Lipinski definition) is 1. The summed E-state index contributed by atoms with van der Waals surface area (Å²) >= 11 is 0. The lowest BCUT2D eigenvalue weighted by atomic mass is 9.79. The van der Waals surface area contributed by atoms with Gasteiger partial charge >= 0.3 is 0 Å². The molecular weight excluding hydrogens is 220 g/mol. The van der Waals surface area contributed by atoms with Crippen LogP contribution in [0.15, 0.2) is 30.3 Å². The largest absolute Gasteiger partial charge is 0.294 e. The number of carbonyl (C=O) groups is 1. The van der Waals surface area contributed by atoms with E-state index in [2.05, 4.69) is 26.0 Å². The Morgan fingerprint density at radius 2 is 2.00 bits per heavy atom. The van der Waals surface area contributed by atoms with Gasteiger partial charge in [0.05, 0.1) is 0 Å². The van der Waals surface area contributed by atoms with Crippen molar-refractivity contribution >= 4 is 11.9 Å². The van der Waals surface area contributed by atoms with Crippen LogP contribution < -0.4 is 0 Å². The Morgan fingerprint density at radius 3 is 2.72 bits per heavy atom. The van der Waals surface area contributed by atoms with Gasteiger partial charge in [-0.25, -0.2) is 0 Å². The first kappa shape index (κ1) is 13.1. The van der Waals surface area contributed by atoms with Crippen LogP contribution in [0.5, 0.6) is 0 Å². The summed E-state index contributed by atoms with van der Waals surface area (Å²) < 4.78 is 0.